The Morgan fingerprint density at radius 2 is 1.75 bits per heavy atom. The van der Waals surface area contributed by atoms with Gasteiger partial charge in [0.2, 0.25) is 0 Å². The van der Waals surface area contributed by atoms with Crippen molar-refractivity contribution in [2.45, 2.75) is 13.1 Å². The maximum Gasteiger partial charge on any atom is 0.178 e. The zero-order valence-electron chi connectivity index (χ0n) is 15.2. The molecule has 9 heteroatoms. The Bertz CT molecular complexity index is 820. The van der Waals surface area contributed by atoms with E-state index in [1.54, 1.807) is 4.90 Å². The van der Waals surface area contributed by atoms with E-state index in [9.17, 15) is 8.78 Å². The first-order valence-electron chi connectivity index (χ1n) is 8.90. The maximum atomic E-state index is 14.6. The molecular formula is C19H22ClF2N5S. The van der Waals surface area contributed by atoms with Crippen molar-refractivity contribution < 1.29 is 8.78 Å². The van der Waals surface area contributed by atoms with Gasteiger partial charge in [-0.15, -0.1) is 0 Å². The monoisotopic (exact) mass is 425 g/mol. The Morgan fingerprint density at radius 1 is 1.07 bits per heavy atom. The van der Waals surface area contributed by atoms with Crippen LogP contribution in [-0.4, -0.2) is 36.2 Å². The molecule has 0 aliphatic carbocycles. The number of hydrogen-bond acceptors (Lipinski definition) is 4. The molecule has 0 bridgehead atoms. The van der Waals surface area contributed by atoms with Gasteiger partial charge in [0, 0.05) is 44.3 Å². The Morgan fingerprint density at radius 3 is 2.36 bits per heavy atom. The van der Waals surface area contributed by atoms with Gasteiger partial charge >= 0.3 is 0 Å². The number of halogens is 3. The van der Waals surface area contributed by atoms with Crippen LogP contribution in [0.15, 0.2) is 36.4 Å². The Kier molecular flexibility index (Phi) is 7.01. The van der Waals surface area contributed by atoms with Gasteiger partial charge in [-0.3, -0.25) is 10.3 Å². The van der Waals surface area contributed by atoms with Crippen LogP contribution in [-0.2, 0) is 13.1 Å². The third-order valence-corrected chi connectivity index (χ3v) is 4.90. The molecule has 2 aromatic carbocycles. The normalized spacial score (nSPS) is 14.9. The van der Waals surface area contributed by atoms with Gasteiger partial charge in [-0.1, -0.05) is 23.7 Å². The lowest BCUT2D eigenvalue weighted by molar-refractivity contribution is 0.248. The lowest BCUT2D eigenvalue weighted by Gasteiger charge is -2.36. The number of nitrogens with one attached hydrogen (secondary N) is 2. The van der Waals surface area contributed by atoms with E-state index in [0.29, 0.717) is 36.8 Å². The summed E-state index contributed by atoms with van der Waals surface area (Å²) in [6.45, 7) is 3.49. The van der Waals surface area contributed by atoms with Gasteiger partial charge in [-0.2, -0.15) is 0 Å². The Hall–Kier alpha value is -2.00. The molecule has 2 aromatic rings. The molecule has 0 radical (unpaired) electrons. The van der Waals surface area contributed by atoms with Gasteiger partial charge in [-0.25, -0.2) is 14.2 Å². The van der Waals surface area contributed by atoms with Crippen LogP contribution in [0.3, 0.4) is 0 Å². The number of benzene rings is 2. The van der Waals surface area contributed by atoms with Crippen LogP contribution in [0.4, 0.5) is 14.5 Å². The molecule has 28 heavy (non-hydrogen) atoms. The van der Waals surface area contributed by atoms with Gasteiger partial charge in [0.25, 0.3) is 0 Å². The highest BCUT2D eigenvalue weighted by Gasteiger charge is 2.23. The highest BCUT2D eigenvalue weighted by atomic mass is 35.5. The molecule has 4 N–H and O–H groups in total. The van der Waals surface area contributed by atoms with E-state index >= 15 is 0 Å². The second-order valence-corrected chi connectivity index (χ2v) is 7.52. The van der Waals surface area contributed by atoms with Crippen molar-refractivity contribution in [3.05, 3.63) is 64.2 Å². The number of nitrogens with zero attached hydrogens (tertiary/aromatic N) is 2. The van der Waals surface area contributed by atoms with Crippen molar-refractivity contribution >= 4 is 34.6 Å². The summed E-state index contributed by atoms with van der Waals surface area (Å²) in [6.07, 6.45) is 0. The smallest absolute Gasteiger partial charge is 0.178 e. The predicted molar refractivity (Wildman–Crippen MR) is 112 cm³/mol. The van der Waals surface area contributed by atoms with Gasteiger partial charge < -0.3 is 10.6 Å². The molecule has 0 aromatic heterocycles. The summed E-state index contributed by atoms with van der Waals surface area (Å²) in [5.74, 6) is -1.15. The maximum absolute atomic E-state index is 14.6. The molecule has 0 saturated carbocycles. The summed E-state index contributed by atoms with van der Waals surface area (Å²) in [6, 6.07) is 10.4. The third kappa shape index (κ3) is 5.51. The number of rotatable bonds is 6. The Balaban J connectivity index is 1.59. The van der Waals surface area contributed by atoms with Crippen molar-refractivity contribution in [3.63, 3.8) is 0 Å². The van der Waals surface area contributed by atoms with Crippen LogP contribution in [0.2, 0.25) is 5.02 Å². The minimum Gasteiger partial charge on any atom is -0.375 e. The quantitative estimate of drug-likeness (QED) is 0.489. The van der Waals surface area contributed by atoms with Gasteiger partial charge in [0.15, 0.2) is 5.11 Å². The molecular weight excluding hydrogens is 404 g/mol. The molecule has 0 unspecified atom stereocenters. The number of hydrogen-bond donors (Lipinski definition) is 3. The standard InChI is InChI=1S/C19H22ClF2N5S/c20-15-3-1-2-13(8-15)12-26-4-6-27(7-5-26)18-16(21)9-14(10-17(18)22)11-24-25-19(23)28/h1-3,8-10,24H,4-7,11-12H2,(H3,23,25,28). The highest BCUT2D eigenvalue weighted by Crippen LogP contribution is 2.26. The molecule has 1 heterocycles. The minimum absolute atomic E-state index is 0.0217. The fourth-order valence-corrected chi connectivity index (χ4v) is 3.56. The SMILES string of the molecule is NC(=S)NNCc1cc(F)c(N2CCN(Cc3cccc(Cl)c3)CC2)c(F)c1. The van der Waals surface area contributed by atoms with Crippen molar-refractivity contribution in [1.82, 2.24) is 15.8 Å². The van der Waals surface area contributed by atoms with Crippen molar-refractivity contribution in [3.8, 4) is 0 Å². The zero-order valence-corrected chi connectivity index (χ0v) is 16.8. The largest absolute Gasteiger partial charge is 0.375 e. The van der Waals surface area contributed by atoms with E-state index in [4.69, 9.17) is 17.3 Å². The van der Waals surface area contributed by atoms with Crippen LogP contribution in [0.5, 0.6) is 0 Å². The molecule has 5 nitrogen and oxygen atoms in total. The molecule has 1 fully saturated rings. The highest BCUT2D eigenvalue weighted by molar-refractivity contribution is 7.80. The lowest BCUT2D eigenvalue weighted by Crippen LogP contribution is -2.46. The predicted octanol–water partition coefficient (Wildman–Crippen LogP) is 2.78. The average molecular weight is 426 g/mol. The first-order valence-corrected chi connectivity index (χ1v) is 9.69. The summed E-state index contributed by atoms with van der Waals surface area (Å²) in [4.78, 5) is 4.00. The molecule has 150 valence electrons. The molecule has 3 rings (SSSR count). The van der Waals surface area contributed by atoms with Gasteiger partial charge in [0.1, 0.15) is 17.3 Å². The van der Waals surface area contributed by atoms with Crippen LogP contribution >= 0.6 is 23.8 Å². The van der Waals surface area contributed by atoms with Crippen molar-refractivity contribution in [1.29, 1.82) is 0 Å². The van der Waals surface area contributed by atoms with E-state index in [0.717, 1.165) is 12.1 Å². The van der Waals surface area contributed by atoms with Crippen LogP contribution < -0.4 is 21.5 Å². The average Bonchev–Trinajstić information content (AvgIpc) is 2.62. The molecule has 0 atom stereocenters. The van der Waals surface area contributed by atoms with Crippen molar-refractivity contribution in [2.24, 2.45) is 5.73 Å². The minimum atomic E-state index is -0.574. The molecule has 1 aliphatic rings. The van der Waals surface area contributed by atoms with Gasteiger partial charge in [-0.05, 0) is 47.6 Å². The molecule has 0 spiro atoms. The van der Waals surface area contributed by atoms with E-state index in [2.05, 4.69) is 28.0 Å². The fraction of sp³-hybridized carbons (Fsp3) is 0.316. The second kappa shape index (κ2) is 9.47. The van der Waals surface area contributed by atoms with Crippen LogP contribution in [0.1, 0.15) is 11.1 Å². The first-order chi connectivity index (χ1) is 13.4. The molecule has 0 amide bonds. The summed E-state index contributed by atoms with van der Waals surface area (Å²) >= 11 is 10.7. The van der Waals surface area contributed by atoms with E-state index in [1.165, 1.54) is 12.1 Å². The number of piperazine rings is 1. The number of hydrazine groups is 1. The van der Waals surface area contributed by atoms with Crippen molar-refractivity contribution in [2.75, 3.05) is 31.1 Å². The van der Waals surface area contributed by atoms with Gasteiger partial charge in [0.05, 0.1) is 0 Å². The summed E-state index contributed by atoms with van der Waals surface area (Å²) < 4.78 is 29.1. The Labute approximate surface area is 173 Å². The summed E-state index contributed by atoms with van der Waals surface area (Å²) in [5.41, 5.74) is 12.1. The topological polar surface area (TPSA) is 56.6 Å². The molecule has 1 saturated heterocycles. The molecule has 1 aliphatic heterocycles. The fourth-order valence-electron chi connectivity index (χ4n) is 3.28. The number of thiocarbonyl (C=S) groups is 1. The number of anilines is 1. The third-order valence-electron chi connectivity index (χ3n) is 4.56. The number of nitrogens with two attached hydrogens (primary N) is 1. The summed E-state index contributed by atoms with van der Waals surface area (Å²) in [5, 5.41) is 0.770. The zero-order chi connectivity index (χ0) is 20.1. The van der Waals surface area contributed by atoms with Crippen LogP contribution in [0.25, 0.3) is 0 Å². The van der Waals surface area contributed by atoms with E-state index in [-0.39, 0.29) is 17.3 Å². The van der Waals surface area contributed by atoms with E-state index in [1.807, 2.05) is 24.3 Å². The first kappa shape index (κ1) is 20.7. The van der Waals surface area contributed by atoms with E-state index < -0.39 is 11.6 Å². The van der Waals surface area contributed by atoms with Crippen LogP contribution in [0, 0.1) is 11.6 Å². The summed E-state index contributed by atoms with van der Waals surface area (Å²) in [7, 11) is 0. The second-order valence-electron chi connectivity index (χ2n) is 6.64. The lowest BCUT2D eigenvalue weighted by atomic mass is 10.1.